The van der Waals surface area contributed by atoms with E-state index < -0.39 is 62.4 Å². The second-order valence-corrected chi connectivity index (χ2v) is 19.3. The molecule has 0 saturated heterocycles. The molecule has 0 bridgehead atoms. The highest BCUT2D eigenvalue weighted by Crippen LogP contribution is 2.45. The highest BCUT2D eigenvalue weighted by atomic mass is 32.2. The molecule has 364 valence electrons. The monoisotopic (exact) mass is 1020 g/mol. The molecular formula is C45H38N10O13S3. The van der Waals surface area contributed by atoms with E-state index in [1.165, 1.54) is 62.8 Å². The molecule has 0 unspecified atom stereocenters. The van der Waals surface area contributed by atoms with E-state index in [2.05, 4.69) is 46.2 Å². The smallest absolute Gasteiger partial charge is 0.296 e. The van der Waals surface area contributed by atoms with Crippen molar-refractivity contribution >= 4 is 104 Å². The molecule has 23 nitrogen and oxygen atoms in total. The highest BCUT2D eigenvalue weighted by Gasteiger charge is 2.24. The lowest BCUT2D eigenvalue weighted by Crippen LogP contribution is -2.11. The first-order chi connectivity index (χ1) is 33.5. The van der Waals surface area contributed by atoms with Crippen LogP contribution in [0.3, 0.4) is 0 Å². The Bertz CT molecular complexity index is 3760. The highest BCUT2D eigenvalue weighted by molar-refractivity contribution is 7.87. The van der Waals surface area contributed by atoms with Crippen molar-refractivity contribution in [1.82, 2.24) is 0 Å². The second-order valence-electron chi connectivity index (χ2n) is 15.1. The Morgan fingerprint density at radius 1 is 0.535 bits per heavy atom. The number of nitrogens with two attached hydrogens (primary N) is 1. The van der Waals surface area contributed by atoms with E-state index >= 15 is 0 Å². The average molecular weight is 1020 g/mol. The van der Waals surface area contributed by atoms with Crippen molar-refractivity contribution in [3.8, 4) is 17.2 Å². The molecule has 0 radical (unpaired) electrons. The number of nitrogen functional groups attached to an aromatic ring is 1. The fourth-order valence-electron chi connectivity index (χ4n) is 6.59. The van der Waals surface area contributed by atoms with Gasteiger partial charge in [-0.2, -0.15) is 45.7 Å². The van der Waals surface area contributed by atoms with Gasteiger partial charge in [0.2, 0.25) is 0 Å². The number of amides is 1. The van der Waals surface area contributed by atoms with Crippen LogP contribution < -0.4 is 20.5 Å². The summed E-state index contributed by atoms with van der Waals surface area (Å²) in [4.78, 5) is 10.4. The quantitative estimate of drug-likeness (QED) is 0.0316. The summed E-state index contributed by atoms with van der Waals surface area (Å²) >= 11 is 0. The molecule has 7 N–H and O–H groups in total. The number of aromatic hydroxyl groups is 1. The summed E-state index contributed by atoms with van der Waals surface area (Å²) in [5.41, 5.74) is 8.85. The third-order valence-electron chi connectivity index (χ3n) is 10.2. The zero-order valence-electron chi connectivity index (χ0n) is 37.3. The Labute approximate surface area is 404 Å². The molecule has 0 spiro atoms. The molecule has 0 atom stereocenters. The van der Waals surface area contributed by atoms with E-state index in [1.807, 2.05) is 0 Å². The zero-order chi connectivity index (χ0) is 51.4. The van der Waals surface area contributed by atoms with Crippen LogP contribution in [-0.4, -0.2) is 64.1 Å². The first kappa shape index (κ1) is 50.5. The SMILES string of the molecule is COc1cc(N=Nc2c(S(=O)(=O)O)cc3cc(NC(=O)c4ccc(N)cc4)ccc3c2O)c(OC)cc1N=Nc1ccc(N=Nc2ccc(N=Nc3ccc(S(=O)(=O)O)cc3S(=O)(=O)O)c(C)c2)c(C)c1. The van der Waals surface area contributed by atoms with Crippen molar-refractivity contribution in [2.24, 2.45) is 40.9 Å². The van der Waals surface area contributed by atoms with E-state index in [1.54, 1.807) is 56.3 Å². The summed E-state index contributed by atoms with van der Waals surface area (Å²) in [6.45, 7) is 3.45. The second kappa shape index (κ2) is 20.3. The van der Waals surface area contributed by atoms with Crippen molar-refractivity contribution in [2.45, 2.75) is 28.5 Å². The maximum absolute atomic E-state index is 12.8. The molecule has 71 heavy (non-hydrogen) atoms. The predicted molar refractivity (Wildman–Crippen MR) is 259 cm³/mol. The topological polar surface area (TPSA) is 356 Å². The van der Waals surface area contributed by atoms with Gasteiger partial charge in [0.15, 0.2) is 5.75 Å². The number of nitrogens with one attached hydrogen (secondary N) is 1. The molecule has 0 aliphatic carbocycles. The number of methoxy groups -OCH3 is 2. The van der Waals surface area contributed by atoms with E-state index in [0.29, 0.717) is 45.5 Å². The lowest BCUT2D eigenvalue weighted by Gasteiger charge is -2.12. The molecule has 26 heteroatoms. The van der Waals surface area contributed by atoms with Crippen molar-refractivity contribution in [1.29, 1.82) is 0 Å². The summed E-state index contributed by atoms with van der Waals surface area (Å²) in [6, 6.07) is 26.6. The average Bonchev–Trinajstić information content (AvgIpc) is 3.31. The molecule has 7 rings (SSSR count). The molecule has 7 aromatic carbocycles. The van der Waals surface area contributed by atoms with Gasteiger partial charge in [-0.3, -0.25) is 18.5 Å². The minimum absolute atomic E-state index is 0.0187. The maximum atomic E-state index is 12.8. The fourth-order valence-corrected chi connectivity index (χ4v) is 8.48. The predicted octanol–water partition coefficient (Wildman–Crippen LogP) is 11.4. The normalized spacial score (nSPS) is 12.4. The van der Waals surface area contributed by atoms with Gasteiger partial charge in [0.25, 0.3) is 36.3 Å². The number of rotatable bonds is 15. The van der Waals surface area contributed by atoms with Crippen LogP contribution in [0.15, 0.2) is 171 Å². The minimum Gasteiger partial charge on any atom is -0.505 e. The van der Waals surface area contributed by atoms with Crippen molar-refractivity contribution in [3.63, 3.8) is 0 Å². The lowest BCUT2D eigenvalue weighted by atomic mass is 10.1. The van der Waals surface area contributed by atoms with Crippen LogP contribution in [0.4, 0.5) is 56.9 Å². The molecule has 0 heterocycles. The number of nitrogens with zero attached hydrogens (tertiary/aromatic N) is 8. The van der Waals surface area contributed by atoms with Gasteiger partial charge >= 0.3 is 0 Å². The number of aryl methyl sites for hydroxylation is 2. The molecule has 7 aromatic rings. The Morgan fingerprint density at radius 2 is 1.04 bits per heavy atom. The van der Waals surface area contributed by atoms with Gasteiger partial charge in [-0.05, 0) is 133 Å². The zero-order valence-corrected chi connectivity index (χ0v) is 39.8. The molecule has 0 aromatic heterocycles. The van der Waals surface area contributed by atoms with Gasteiger partial charge in [-0.25, -0.2) is 0 Å². The lowest BCUT2D eigenvalue weighted by molar-refractivity contribution is 0.102. The van der Waals surface area contributed by atoms with E-state index in [4.69, 9.17) is 15.2 Å². The number of ether oxygens (including phenoxy) is 2. The van der Waals surface area contributed by atoms with Crippen LogP contribution in [-0.2, 0) is 30.4 Å². The van der Waals surface area contributed by atoms with E-state index in [9.17, 15) is 48.8 Å². The number of phenolic OH excluding ortho intramolecular Hbond substituents is 1. The standard InChI is InChI=1S/C45H38N10O13S3/c1-24-17-31(10-14-34(24)50-48-30-11-15-35(25(2)18-30)51-52-36-16-12-32(69(58,59)60)21-41(36)70(61,62)63)49-53-37-22-40(68-4)38(23-39(37)67-3)54-55-43-42(71(64,65)66)20-27-19-29(9-13-33(27)44(43)56)47-45(57)26-5-7-28(46)8-6-26/h5-23,56H,46H2,1-4H3,(H,47,57)(H,58,59,60)(H,61,62,63)(H,64,65,66). The molecular weight excluding hydrogens is 985 g/mol. The van der Waals surface area contributed by atoms with E-state index in [0.717, 1.165) is 18.2 Å². The Kier molecular flexibility index (Phi) is 14.4. The van der Waals surface area contributed by atoms with Gasteiger partial charge in [-0.1, -0.05) is 0 Å². The number of carbonyl (C=O) groups is 1. The number of carbonyl (C=O) groups excluding carboxylic acids is 1. The summed E-state index contributed by atoms with van der Waals surface area (Å²) in [7, 11) is -12.0. The first-order valence-corrected chi connectivity index (χ1v) is 24.5. The third-order valence-corrected chi connectivity index (χ3v) is 12.8. The number of fused-ring (bicyclic) bond motifs is 1. The van der Waals surface area contributed by atoms with Crippen LogP contribution in [0.1, 0.15) is 21.5 Å². The van der Waals surface area contributed by atoms with Gasteiger partial charge in [-0.15, -0.1) is 20.5 Å². The number of phenols is 1. The molecule has 0 fully saturated rings. The van der Waals surface area contributed by atoms with Crippen molar-refractivity contribution < 1.29 is 58.3 Å². The molecule has 1 amide bonds. The summed E-state index contributed by atoms with van der Waals surface area (Å²) in [5, 5.41) is 47.5. The summed E-state index contributed by atoms with van der Waals surface area (Å²) < 4.78 is 112. The third kappa shape index (κ3) is 11.9. The van der Waals surface area contributed by atoms with Crippen LogP contribution in [0.25, 0.3) is 10.8 Å². The van der Waals surface area contributed by atoms with Crippen molar-refractivity contribution in [3.05, 3.63) is 132 Å². The summed E-state index contributed by atoms with van der Waals surface area (Å²) in [5.74, 6) is -0.858. The number of benzene rings is 7. The fraction of sp³-hybridized carbons (Fsp3) is 0.0889. The minimum atomic E-state index is -4.99. The van der Waals surface area contributed by atoms with E-state index in [-0.39, 0.29) is 50.7 Å². The molecule has 0 aliphatic heterocycles. The largest absolute Gasteiger partial charge is 0.505 e. The first-order valence-electron chi connectivity index (χ1n) is 20.2. The van der Waals surface area contributed by atoms with Gasteiger partial charge in [0.1, 0.15) is 44.0 Å². The Morgan fingerprint density at radius 3 is 1.56 bits per heavy atom. The van der Waals surface area contributed by atoms with Crippen LogP contribution >= 0.6 is 0 Å². The number of hydrogen-bond acceptors (Lipinski definition) is 19. The number of hydrogen-bond donors (Lipinski definition) is 6. The molecule has 0 saturated carbocycles. The van der Waals surface area contributed by atoms with Gasteiger partial charge in [0, 0.05) is 34.5 Å². The van der Waals surface area contributed by atoms with Crippen molar-refractivity contribution in [2.75, 3.05) is 25.3 Å². The van der Waals surface area contributed by atoms with Gasteiger partial charge < -0.3 is 25.6 Å². The Balaban J connectivity index is 1.07. The molecule has 0 aliphatic rings. The van der Waals surface area contributed by atoms with Gasteiger partial charge in [0.05, 0.1) is 41.9 Å². The Hall–Kier alpha value is -8.40. The summed E-state index contributed by atoms with van der Waals surface area (Å²) in [6.07, 6.45) is 0. The van der Waals surface area contributed by atoms with Crippen LogP contribution in [0.5, 0.6) is 17.2 Å². The maximum Gasteiger partial charge on any atom is 0.296 e. The number of anilines is 2. The number of azo groups is 4. The van der Waals surface area contributed by atoms with Crippen LogP contribution in [0, 0.1) is 13.8 Å². The van der Waals surface area contributed by atoms with Crippen LogP contribution in [0.2, 0.25) is 0 Å².